The summed E-state index contributed by atoms with van der Waals surface area (Å²) in [4.78, 5) is 0. The normalized spacial score (nSPS) is 11.6. The summed E-state index contributed by atoms with van der Waals surface area (Å²) >= 11 is 1.39. The third-order valence-electron chi connectivity index (χ3n) is 1.48. The van der Waals surface area contributed by atoms with Crippen molar-refractivity contribution < 1.29 is 0 Å². The van der Waals surface area contributed by atoms with Crippen LogP contribution in [0.15, 0.2) is 0 Å². The molecule has 0 nitrogen and oxygen atoms in total. The van der Waals surface area contributed by atoms with Crippen molar-refractivity contribution in [3.8, 4) is 0 Å². The Morgan fingerprint density at radius 3 is 1.89 bits per heavy atom. The minimum Gasteiger partial charge on any atom is -0.101 e. The lowest BCUT2D eigenvalue weighted by Gasteiger charge is -2.02. The van der Waals surface area contributed by atoms with Crippen molar-refractivity contribution >= 4 is 16.3 Å². The van der Waals surface area contributed by atoms with E-state index in [1.165, 1.54) is 34.4 Å². The summed E-state index contributed by atoms with van der Waals surface area (Å²) in [5, 5.41) is 1.48. The second-order valence-corrected chi connectivity index (χ2v) is 3.30. The SMILES string of the molecule is CC.CCC(C)C[CH2][AlH2]. The van der Waals surface area contributed by atoms with E-state index in [1.807, 2.05) is 13.8 Å². The van der Waals surface area contributed by atoms with Crippen molar-refractivity contribution in [2.75, 3.05) is 0 Å². The molecular formula is C8H21Al. The lowest BCUT2D eigenvalue weighted by Crippen LogP contribution is -1.89. The van der Waals surface area contributed by atoms with Crippen LogP contribution in [0.3, 0.4) is 0 Å². The van der Waals surface area contributed by atoms with E-state index in [0.717, 1.165) is 5.92 Å². The van der Waals surface area contributed by atoms with E-state index < -0.39 is 0 Å². The fourth-order valence-electron chi connectivity index (χ4n) is 0.697. The second-order valence-electron chi connectivity index (χ2n) is 2.30. The number of rotatable bonds is 3. The van der Waals surface area contributed by atoms with Gasteiger partial charge in [0, 0.05) is 0 Å². The van der Waals surface area contributed by atoms with E-state index in [-0.39, 0.29) is 0 Å². The summed E-state index contributed by atoms with van der Waals surface area (Å²) in [5.74, 6) is 0.984. The van der Waals surface area contributed by atoms with Crippen LogP contribution in [0.1, 0.15) is 40.5 Å². The molecule has 0 aliphatic rings. The van der Waals surface area contributed by atoms with Gasteiger partial charge in [-0.15, -0.1) is 5.28 Å². The van der Waals surface area contributed by atoms with Crippen molar-refractivity contribution in [3.05, 3.63) is 0 Å². The first kappa shape index (κ1) is 12.2. The molecule has 0 rings (SSSR count). The summed E-state index contributed by atoms with van der Waals surface area (Å²) in [6.07, 6.45) is 2.82. The molecule has 0 spiro atoms. The Hall–Kier alpha value is 0.532. The molecule has 0 saturated heterocycles. The van der Waals surface area contributed by atoms with Gasteiger partial charge < -0.3 is 0 Å². The Balaban J connectivity index is 0. The highest BCUT2D eigenvalue weighted by Crippen LogP contribution is 2.06. The summed E-state index contributed by atoms with van der Waals surface area (Å²) in [5.41, 5.74) is 0. The van der Waals surface area contributed by atoms with Crippen molar-refractivity contribution in [2.24, 2.45) is 5.92 Å². The van der Waals surface area contributed by atoms with E-state index in [2.05, 4.69) is 13.8 Å². The fourth-order valence-corrected chi connectivity index (χ4v) is 1.68. The van der Waals surface area contributed by atoms with Gasteiger partial charge in [-0.25, -0.2) is 0 Å². The zero-order chi connectivity index (χ0) is 7.70. The molecule has 0 aliphatic carbocycles. The molecule has 0 heterocycles. The van der Waals surface area contributed by atoms with Crippen LogP contribution in [0.25, 0.3) is 0 Å². The molecule has 1 atom stereocenters. The van der Waals surface area contributed by atoms with E-state index in [9.17, 15) is 0 Å². The number of hydrogen-bond donors (Lipinski definition) is 0. The van der Waals surface area contributed by atoms with Crippen LogP contribution in [-0.2, 0) is 0 Å². The zero-order valence-corrected chi connectivity index (χ0v) is 9.70. The van der Waals surface area contributed by atoms with Crippen LogP contribution >= 0.6 is 0 Å². The molecule has 56 valence electrons. The maximum atomic E-state index is 2.33. The molecule has 0 bridgehead atoms. The smallest absolute Gasteiger partial charge is 0.101 e. The molecule has 0 aromatic carbocycles. The Kier molecular flexibility index (Phi) is 15.4. The first-order chi connectivity index (χ1) is 4.31. The Morgan fingerprint density at radius 1 is 1.33 bits per heavy atom. The minimum atomic E-state index is 0.984. The maximum absolute atomic E-state index is 2.33. The Labute approximate surface area is 68.5 Å². The maximum Gasteiger partial charge on any atom is 0.211 e. The van der Waals surface area contributed by atoms with Gasteiger partial charge in [0.2, 0.25) is 16.3 Å². The lowest BCUT2D eigenvalue weighted by atomic mass is 10.1. The average Bonchev–Trinajstić information content (AvgIpc) is 1.93. The third kappa shape index (κ3) is 11.9. The average molecular weight is 144 g/mol. The van der Waals surface area contributed by atoms with E-state index >= 15 is 0 Å². The van der Waals surface area contributed by atoms with Gasteiger partial charge in [-0.1, -0.05) is 40.5 Å². The third-order valence-corrected chi connectivity index (χ3v) is 2.06. The van der Waals surface area contributed by atoms with Crippen molar-refractivity contribution in [1.82, 2.24) is 0 Å². The molecule has 0 aliphatic heterocycles. The molecule has 0 fully saturated rings. The van der Waals surface area contributed by atoms with Gasteiger partial charge >= 0.3 is 0 Å². The van der Waals surface area contributed by atoms with Crippen LogP contribution in [-0.4, -0.2) is 16.3 Å². The highest BCUT2D eigenvalue weighted by atomic mass is 27.0. The molecule has 1 unspecified atom stereocenters. The first-order valence-electron chi connectivity index (χ1n) is 4.31. The lowest BCUT2D eigenvalue weighted by molar-refractivity contribution is 0.544. The standard InChI is InChI=1S/C6H13.C2H6.Al.2H/c1-4-6(3)5-2;1-2;;;/h6H,1,4-5H2,2-3H3;1-2H3;;;. The first-order valence-corrected chi connectivity index (χ1v) is 5.72. The minimum absolute atomic E-state index is 0.984. The Morgan fingerprint density at radius 2 is 1.78 bits per heavy atom. The van der Waals surface area contributed by atoms with Crippen LogP contribution in [0.5, 0.6) is 0 Å². The van der Waals surface area contributed by atoms with Crippen molar-refractivity contribution in [3.63, 3.8) is 0 Å². The highest BCUT2D eigenvalue weighted by molar-refractivity contribution is 6.08. The van der Waals surface area contributed by atoms with Gasteiger partial charge in [-0.2, -0.15) is 0 Å². The second kappa shape index (κ2) is 11.3. The van der Waals surface area contributed by atoms with Gasteiger partial charge in [0.1, 0.15) is 0 Å². The molecule has 1 heteroatoms. The van der Waals surface area contributed by atoms with Gasteiger partial charge in [0.05, 0.1) is 0 Å². The molecule has 0 amide bonds. The predicted octanol–water partition coefficient (Wildman–Crippen LogP) is 2.50. The van der Waals surface area contributed by atoms with Gasteiger partial charge in [0.15, 0.2) is 0 Å². The summed E-state index contributed by atoms with van der Waals surface area (Å²) in [6.45, 7) is 8.60. The van der Waals surface area contributed by atoms with Crippen molar-refractivity contribution in [1.29, 1.82) is 0 Å². The highest BCUT2D eigenvalue weighted by Gasteiger charge is 1.92. The topological polar surface area (TPSA) is 0 Å². The Bertz CT molecular complexity index is 35.5. The molecule has 0 N–H and O–H groups in total. The molecule has 0 radical (unpaired) electrons. The molecular weight excluding hydrogens is 123 g/mol. The van der Waals surface area contributed by atoms with Crippen LogP contribution < -0.4 is 0 Å². The van der Waals surface area contributed by atoms with E-state index in [4.69, 9.17) is 0 Å². The zero-order valence-electron chi connectivity index (χ0n) is 7.70. The predicted molar refractivity (Wildman–Crippen MR) is 48.8 cm³/mol. The number of hydrogen-bond acceptors (Lipinski definition) is 0. The molecule has 9 heavy (non-hydrogen) atoms. The summed E-state index contributed by atoms with van der Waals surface area (Å²) in [7, 11) is 0. The largest absolute Gasteiger partial charge is 0.211 e. The van der Waals surface area contributed by atoms with Crippen molar-refractivity contribution in [2.45, 2.75) is 45.8 Å². The molecule has 0 saturated carbocycles. The monoisotopic (exact) mass is 144 g/mol. The molecule has 0 aromatic heterocycles. The van der Waals surface area contributed by atoms with Gasteiger partial charge in [-0.05, 0) is 5.92 Å². The quantitative estimate of drug-likeness (QED) is 0.534. The van der Waals surface area contributed by atoms with Crippen LogP contribution in [0, 0.1) is 5.92 Å². The summed E-state index contributed by atoms with van der Waals surface area (Å²) in [6, 6.07) is 0. The van der Waals surface area contributed by atoms with Crippen LogP contribution in [0.4, 0.5) is 0 Å². The van der Waals surface area contributed by atoms with Gasteiger partial charge in [0.25, 0.3) is 0 Å². The fraction of sp³-hybridized carbons (Fsp3) is 1.00. The van der Waals surface area contributed by atoms with E-state index in [0.29, 0.717) is 0 Å². The van der Waals surface area contributed by atoms with Crippen LogP contribution in [0.2, 0.25) is 5.28 Å². The summed E-state index contributed by atoms with van der Waals surface area (Å²) < 4.78 is 0. The van der Waals surface area contributed by atoms with Gasteiger partial charge in [-0.3, -0.25) is 0 Å². The van der Waals surface area contributed by atoms with E-state index in [1.54, 1.807) is 0 Å². The molecule has 0 aromatic rings.